The summed E-state index contributed by atoms with van der Waals surface area (Å²) >= 11 is 1.19. The second-order valence-electron chi connectivity index (χ2n) is 5.66. The molecule has 9 heteroatoms. The van der Waals surface area contributed by atoms with Crippen LogP contribution in [0.2, 0.25) is 0 Å². The number of nitrogens with two attached hydrogens (primary N) is 1. The number of amides is 1. The molecule has 2 N–H and O–H groups in total. The zero-order valence-corrected chi connectivity index (χ0v) is 15.6. The molecular weight excluding hydrogens is 374 g/mol. The number of pyridine rings is 1. The average Bonchev–Trinajstić information content (AvgIpc) is 2.67. The zero-order chi connectivity index (χ0) is 18.6. The van der Waals surface area contributed by atoms with Crippen LogP contribution >= 0.6 is 11.8 Å². The van der Waals surface area contributed by atoms with Gasteiger partial charge in [-0.25, -0.2) is 13.4 Å². The third-order valence-corrected chi connectivity index (χ3v) is 7.02. The van der Waals surface area contributed by atoms with Gasteiger partial charge in [-0.05, 0) is 17.7 Å². The van der Waals surface area contributed by atoms with E-state index in [2.05, 4.69) is 4.98 Å². The van der Waals surface area contributed by atoms with Gasteiger partial charge in [0.05, 0.1) is 18.2 Å². The van der Waals surface area contributed by atoms with Gasteiger partial charge in [-0.3, -0.25) is 4.79 Å². The van der Waals surface area contributed by atoms with Crippen LogP contribution in [0.3, 0.4) is 0 Å². The van der Waals surface area contributed by atoms with E-state index in [0.717, 1.165) is 5.56 Å². The molecule has 2 heterocycles. The predicted molar refractivity (Wildman–Crippen MR) is 98.0 cm³/mol. The molecule has 138 valence electrons. The van der Waals surface area contributed by atoms with Gasteiger partial charge in [0.25, 0.3) is 0 Å². The highest BCUT2D eigenvalue weighted by molar-refractivity contribution is 8.00. The summed E-state index contributed by atoms with van der Waals surface area (Å²) in [5, 5.41) is -0.0658. The van der Waals surface area contributed by atoms with Crippen LogP contribution in [0.1, 0.15) is 10.8 Å². The zero-order valence-electron chi connectivity index (χ0n) is 13.9. The fraction of sp³-hybridized carbons (Fsp3) is 0.294. The number of sulfonamides is 1. The first kappa shape index (κ1) is 18.8. The second-order valence-corrected chi connectivity index (χ2v) is 8.72. The maximum atomic E-state index is 12.6. The molecule has 3 rings (SSSR count). The first-order valence-corrected chi connectivity index (χ1v) is 10.4. The Labute approximate surface area is 156 Å². The van der Waals surface area contributed by atoms with Crippen molar-refractivity contribution in [3.05, 3.63) is 54.2 Å². The minimum Gasteiger partial charge on any atom is -0.379 e. The van der Waals surface area contributed by atoms with Crippen LogP contribution < -0.4 is 5.73 Å². The predicted octanol–water partition coefficient (Wildman–Crippen LogP) is 1.42. The number of morpholine rings is 1. The van der Waals surface area contributed by atoms with E-state index in [9.17, 15) is 13.2 Å². The van der Waals surface area contributed by atoms with Crippen molar-refractivity contribution in [2.75, 3.05) is 26.3 Å². The summed E-state index contributed by atoms with van der Waals surface area (Å²) in [6, 6.07) is 12.3. The number of thioether (sulfide) groups is 1. The largest absolute Gasteiger partial charge is 0.379 e. The lowest BCUT2D eigenvalue weighted by Gasteiger charge is -2.25. The van der Waals surface area contributed by atoms with Gasteiger partial charge in [0.1, 0.15) is 10.1 Å². The van der Waals surface area contributed by atoms with Crippen molar-refractivity contribution in [2.24, 2.45) is 5.73 Å². The molecule has 1 amide bonds. The molecule has 0 spiro atoms. The van der Waals surface area contributed by atoms with Gasteiger partial charge < -0.3 is 10.5 Å². The number of hydrogen-bond donors (Lipinski definition) is 1. The van der Waals surface area contributed by atoms with Crippen LogP contribution in [0, 0.1) is 0 Å². The van der Waals surface area contributed by atoms with Gasteiger partial charge in [-0.2, -0.15) is 4.31 Å². The standard InChI is InChI=1S/C17H19N3O4S2/c18-17(21)16(13-4-2-1-3-5-13)25-15-7-6-14(12-19-15)26(22,23)20-8-10-24-11-9-20/h1-7,12,16H,8-11H2,(H2,18,21)/t16-/m0/s1. The Balaban J connectivity index is 1.77. The summed E-state index contributed by atoms with van der Waals surface area (Å²) in [7, 11) is -3.59. The van der Waals surface area contributed by atoms with Crippen LogP contribution in [0.4, 0.5) is 0 Å². The highest BCUT2D eigenvalue weighted by Gasteiger charge is 2.27. The van der Waals surface area contributed by atoms with Crippen LogP contribution in [-0.2, 0) is 19.6 Å². The van der Waals surface area contributed by atoms with Crippen molar-refractivity contribution in [3.63, 3.8) is 0 Å². The molecule has 0 radical (unpaired) electrons. The molecule has 0 aliphatic carbocycles. The van der Waals surface area contributed by atoms with Crippen molar-refractivity contribution >= 4 is 27.7 Å². The molecule has 7 nitrogen and oxygen atoms in total. The number of ether oxygens (including phenoxy) is 1. The number of nitrogens with zero attached hydrogens (tertiary/aromatic N) is 2. The summed E-state index contributed by atoms with van der Waals surface area (Å²) in [5.74, 6) is -0.479. The van der Waals surface area contributed by atoms with E-state index in [1.54, 1.807) is 6.07 Å². The summed E-state index contributed by atoms with van der Waals surface area (Å²) in [5.41, 5.74) is 6.29. The van der Waals surface area contributed by atoms with E-state index in [1.165, 1.54) is 28.3 Å². The third kappa shape index (κ3) is 4.24. The normalized spacial score (nSPS) is 16.9. The number of carbonyl (C=O) groups is 1. The van der Waals surface area contributed by atoms with E-state index >= 15 is 0 Å². The van der Waals surface area contributed by atoms with Crippen LogP contribution in [0.15, 0.2) is 58.6 Å². The number of carbonyl (C=O) groups excluding carboxylic acids is 1. The first-order chi connectivity index (χ1) is 12.5. The van der Waals surface area contributed by atoms with Crippen LogP contribution in [0.5, 0.6) is 0 Å². The maximum Gasteiger partial charge on any atom is 0.244 e. The molecule has 0 saturated carbocycles. The molecule has 1 aromatic carbocycles. The quantitative estimate of drug-likeness (QED) is 0.745. The van der Waals surface area contributed by atoms with Crippen molar-refractivity contribution in [3.8, 4) is 0 Å². The van der Waals surface area contributed by atoms with Gasteiger partial charge in [-0.1, -0.05) is 42.1 Å². The minimum atomic E-state index is -3.59. The van der Waals surface area contributed by atoms with Crippen molar-refractivity contribution in [2.45, 2.75) is 15.2 Å². The third-order valence-electron chi connectivity index (χ3n) is 3.92. The summed E-state index contributed by atoms with van der Waals surface area (Å²) in [6.07, 6.45) is 1.32. The van der Waals surface area contributed by atoms with Gasteiger partial charge in [0.15, 0.2) is 0 Å². The van der Waals surface area contributed by atoms with Crippen molar-refractivity contribution in [1.82, 2.24) is 9.29 Å². The Morgan fingerprint density at radius 1 is 1.15 bits per heavy atom. The molecule has 1 aliphatic heterocycles. The topological polar surface area (TPSA) is 103 Å². The minimum absolute atomic E-state index is 0.124. The Hall–Kier alpha value is -1.94. The van der Waals surface area contributed by atoms with Gasteiger partial charge in [-0.15, -0.1) is 0 Å². The molecular formula is C17H19N3O4S2. The Morgan fingerprint density at radius 2 is 1.85 bits per heavy atom. The molecule has 0 unspecified atom stereocenters. The summed E-state index contributed by atoms with van der Waals surface area (Å²) in [4.78, 5) is 16.1. The molecule has 1 aliphatic rings. The van der Waals surface area contributed by atoms with Gasteiger partial charge in [0.2, 0.25) is 15.9 Å². The monoisotopic (exact) mass is 393 g/mol. The number of hydrogen-bond acceptors (Lipinski definition) is 6. The molecule has 1 aromatic heterocycles. The molecule has 1 saturated heterocycles. The smallest absolute Gasteiger partial charge is 0.244 e. The van der Waals surface area contributed by atoms with Crippen molar-refractivity contribution in [1.29, 1.82) is 0 Å². The lowest BCUT2D eigenvalue weighted by atomic mass is 10.1. The second kappa shape index (κ2) is 8.17. The Kier molecular flexibility index (Phi) is 5.92. The lowest BCUT2D eigenvalue weighted by molar-refractivity contribution is -0.117. The summed E-state index contributed by atoms with van der Waals surface area (Å²) < 4.78 is 31.8. The molecule has 1 atom stereocenters. The maximum absolute atomic E-state index is 12.6. The van der Waals surface area contributed by atoms with Gasteiger partial charge in [0, 0.05) is 19.3 Å². The molecule has 1 fully saturated rings. The Morgan fingerprint density at radius 3 is 2.42 bits per heavy atom. The Bertz CT molecular complexity index is 851. The van der Waals surface area contributed by atoms with E-state index in [0.29, 0.717) is 31.3 Å². The first-order valence-electron chi connectivity index (χ1n) is 8.03. The average molecular weight is 393 g/mol. The number of primary amides is 1. The number of aromatic nitrogens is 1. The van der Waals surface area contributed by atoms with E-state index < -0.39 is 21.2 Å². The van der Waals surface area contributed by atoms with E-state index in [4.69, 9.17) is 10.5 Å². The van der Waals surface area contributed by atoms with Crippen LogP contribution in [0.25, 0.3) is 0 Å². The number of rotatable bonds is 6. The van der Waals surface area contributed by atoms with E-state index in [-0.39, 0.29) is 4.90 Å². The fourth-order valence-corrected chi connectivity index (χ4v) is 4.83. The molecule has 2 aromatic rings. The highest BCUT2D eigenvalue weighted by Crippen LogP contribution is 2.34. The molecule has 0 bridgehead atoms. The molecule has 26 heavy (non-hydrogen) atoms. The highest BCUT2D eigenvalue weighted by atomic mass is 32.2. The fourth-order valence-electron chi connectivity index (χ4n) is 2.56. The van der Waals surface area contributed by atoms with E-state index in [1.807, 2.05) is 30.3 Å². The lowest BCUT2D eigenvalue weighted by Crippen LogP contribution is -2.40. The SMILES string of the molecule is NC(=O)[C@@H](Sc1ccc(S(=O)(=O)N2CCOCC2)cn1)c1ccccc1. The van der Waals surface area contributed by atoms with Crippen molar-refractivity contribution < 1.29 is 17.9 Å². The van der Waals surface area contributed by atoms with Crippen LogP contribution in [-0.4, -0.2) is 49.9 Å². The van der Waals surface area contributed by atoms with Gasteiger partial charge >= 0.3 is 0 Å². The summed E-state index contributed by atoms with van der Waals surface area (Å²) in [6.45, 7) is 1.43. The number of benzene rings is 1.